The average Bonchev–Trinajstić information content (AvgIpc) is 2.94. The van der Waals surface area contributed by atoms with Gasteiger partial charge in [-0.1, -0.05) is 19.1 Å². The molecule has 114 valence electrons. The van der Waals surface area contributed by atoms with Crippen molar-refractivity contribution in [1.29, 1.82) is 0 Å². The molecule has 1 N–H and O–H groups in total. The Balaban J connectivity index is 2.39. The summed E-state index contributed by atoms with van der Waals surface area (Å²) in [6.45, 7) is 2.90. The number of nitro benzene ring substituents is 1. The summed E-state index contributed by atoms with van der Waals surface area (Å²) in [5.41, 5.74) is 0.438. The Morgan fingerprint density at radius 2 is 2.19 bits per heavy atom. The van der Waals surface area contributed by atoms with Crippen LogP contribution in [0.1, 0.15) is 13.3 Å². The van der Waals surface area contributed by atoms with Gasteiger partial charge in [-0.3, -0.25) is 14.9 Å². The van der Waals surface area contributed by atoms with Crippen LogP contribution in [-0.2, 0) is 9.53 Å². The van der Waals surface area contributed by atoms with Crippen molar-refractivity contribution >= 4 is 17.3 Å². The van der Waals surface area contributed by atoms with Crippen molar-refractivity contribution in [2.45, 2.75) is 19.4 Å². The molecule has 1 aromatic rings. The maximum Gasteiger partial charge on any atom is 0.311 e. The van der Waals surface area contributed by atoms with Gasteiger partial charge in [-0.25, -0.2) is 0 Å². The van der Waals surface area contributed by atoms with Gasteiger partial charge in [0.2, 0.25) is 0 Å². The summed E-state index contributed by atoms with van der Waals surface area (Å²) in [6.07, 6.45) is 0.759. The molecule has 0 saturated carbocycles. The molecular weight excluding hydrogens is 276 g/mol. The summed E-state index contributed by atoms with van der Waals surface area (Å²) in [5.74, 6) is -1.60. The molecule has 1 aromatic carbocycles. The molecule has 2 unspecified atom stereocenters. The molecule has 2 rings (SSSR count). The van der Waals surface area contributed by atoms with Crippen molar-refractivity contribution in [3.05, 3.63) is 34.4 Å². The van der Waals surface area contributed by atoms with Crippen molar-refractivity contribution in [1.82, 2.24) is 0 Å². The molecule has 7 heteroatoms. The fourth-order valence-electron chi connectivity index (χ4n) is 2.65. The van der Waals surface area contributed by atoms with Gasteiger partial charge in [-0.2, -0.15) is 0 Å². The van der Waals surface area contributed by atoms with Gasteiger partial charge in [-0.05, 0) is 12.5 Å². The van der Waals surface area contributed by atoms with E-state index < -0.39 is 16.8 Å². The molecule has 1 aliphatic heterocycles. The summed E-state index contributed by atoms with van der Waals surface area (Å²) in [5, 5.41) is 20.5. The number of anilines is 1. The molecule has 21 heavy (non-hydrogen) atoms. The van der Waals surface area contributed by atoms with Crippen LogP contribution in [0.5, 0.6) is 0 Å². The molecule has 0 amide bonds. The van der Waals surface area contributed by atoms with Gasteiger partial charge in [0.05, 0.1) is 24.2 Å². The van der Waals surface area contributed by atoms with Crippen LogP contribution in [0.4, 0.5) is 11.4 Å². The Labute approximate surface area is 122 Å². The van der Waals surface area contributed by atoms with Crippen LogP contribution in [0.15, 0.2) is 24.3 Å². The lowest BCUT2D eigenvalue weighted by Crippen LogP contribution is -2.44. The monoisotopic (exact) mass is 294 g/mol. The fraction of sp³-hybridized carbons (Fsp3) is 0.500. The highest BCUT2D eigenvalue weighted by Gasteiger charge is 2.39. The smallest absolute Gasteiger partial charge is 0.311 e. The number of aliphatic carboxylic acids is 1. The van der Waals surface area contributed by atoms with Crippen molar-refractivity contribution < 1.29 is 19.6 Å². The normalized spacial score (nSPS) is 21.2. The number of hydrogen-bond acceptors (Lipinski definition) is 5. The van der Waals surface area contributed by atoms with E-state index in [9.17, 15) is 20.0 Å². The van der Waals surface area contributed by atoms with Crippen molar-refractivity contribution in [2.24, 2.45) is 5.92 Å². The minimum atomic E-state index is -0.933. The summed E-state index contributed by atoms with van der Waals surface area (Å²) < 4.78 is 5.29. The fourth-order valence-corrected chi connectivity index (χ4v) is 2.65. The molecule has 1 saturated heterocycles. The second-order valence-corrected chi connectivity index (χ2v) is 4.99. The number of carboxylic acids is 1. The predicted molar refractivity (Wildman–Crippen MR) is 76.5 cm³/mol. The second-order valence-electron chi connectivity index (χ2n) is 4.99. The highest BCUT2D eigenvalue weighted by atomic mass is 16.6. The molecule has 2 atom stereocenters. The zero-order valence-corrected chi connectivity index (χ0v) is 11.8. The van der Waals surface area contributed by atoms with E-state index in [1.165, 1.54) is 6.07 Å². The highest BCUT2D eigenvalue weighted by molar-refractivity contribution is 5.73. The lowest BCUT2D eigenvalue weighted by Gasteiger charge is -2.31. The molecule has 0 aromatic heterocycles. The van der Waals surface area contributed by atoms with Gasteiger partial charge in [0.15, 0.2) is 0 Å². The van der Waals surface area contributed by atoms with Gasteiger partial charge in [0, 0.05) is 12.6 Å². The quantitative estimate of drug-likeness (QED) is 0.636. The molecule has 7 nitrogen and oxygen atoms in total. The first-order valence-electron chi connectivity index (χ1n) is 6.86. The number of nitrogens with zero attached hydrogens (tertiary/aromatic N) is 2. The van der Waals surface area contributed by atoms with Crippen molar-refractivity contribution in [2.75, 3.05) is 24.7 Å². The van der Waals surface area contributed by atoms with Gasteiger partial charge in [0.1, 0.15) is 11.6 Å². The van der Waals surface area contributed by atoms with E-state index in [0.717, 1.165) is 6.42 Å². The number of para-hydroxylation sites is 2. The zero-order chi connectivity index (χ0) is 15.4. The van der Waals surface area contributed by atoms with Crippen LogP contribution in [0.25, 0.3) is 0 Å². The standard InChI is InChI=1S/C14H18N2O5/c1-2-7-15(13-9-21-8-10(13)14(17)18)11-5-3-4-6-12(11)16(19)20/h3-6,10,13H,2,7-9H2,1H3,(H,17,18). The number of ether oxygens (including phenoxy) is 1. The molecular formula is C14H18N2O5. The highest BCUT2D eigenvalue weighted by Crippen LogP contribution is 2.33. The Morgan fingerprint density at radius 1 is 1.48 bits per heavy atom. The Bertz CT molecular complexity index is 534. The Morgan fingerprint density at radius 3 is 2.81 bits per heavy atom. The maximum absolute atomic E-state index is 11.3. The summed E-state index contributed by atoms with van der Waals surface area (Å²) >= 11 is 0. The first-order chi connectivity index (χ1) is 10.1. The van der Waals surface area contributed by atoms with Gasteiger partial charge in [-0.15, -0.1) is 0 Å². The SMILES string of the molecule is CCCN(c1ccccc1[N+](=O)[O-])C1COCC1C(=O)O. The van der Waals surface area contributed by atoms with Gasteiger partial charge < -0.3 is 14.7 Å². The predicted octanol–water partition coefficient (Wildman–Crippen LogP) is 1.91. The minimum absolute atomic E-state index is 0.0120. The third-order valence-electron chi connectivity index (χ3n) is 3.62. The summed E-state index contributed by atoms with van der Waals surface area (Å²) in [6, 6.07) is 6.03. The first-order valence-corrected chi connectivity index (χ1v) is 6.86. The van der Waals surface area contributed by atoms with E-state index in [0.29, 0.717) is 12.2 Å². The lowest BCUT2D eigenvalue weighted by molar-refractivity contribution is -0.384. The number of carboxylic acid groups (broad SMARTS) is 1. The molecule has 1 heterocycles. The number of nitro groups is 1. The third kappa shape index (κ3) is 3.13. The summed E-state index contributed by atoms with van der Waals surface area (Å²) in [4.78, 5) is 23.9. The molecule has 0 spiro atoms. The van der Waals surface area contributed by atoms with E-state index in [-0.39, 0.29) is 24.9 Å². The Hall–Kier alpha value is -2.15. The van der Waals surface area contributed by atoms with Crippen LogP contribution in [0.2, 0.25) is 0 Å². The Kier molecular flexibility index (Phi) is 4.74. The van der Waals surface area contributed by atoms with Crippen LogP contribution >= 0.6 is 0 Å². The minimum Gasteiger partial charge on any atom is -0.481 e. The van der Waals surface area contributed by atoms with Crippen LogP contribution in [-0.4, -0.2) is 41.8 Å². The third-order valence-corrected chi connectivity index (χ3v) is 3.62. The number of rotatable bonds is 6. The first kappa shape index (κ1) is 15.2. The van der Waals surface area contributed by atoms with Crippen molar-refractivity contribution in [3.8, 4) is 0 Å². The molecule has 1 aliphatic rings. The zero-order valence-electron chi connectivity index (χ0n) is 11.8. The van der Waals surface area contributed by atoms with E-state index in [1.807, 2.05) is 6.92 Å². The topological polar surface area (TPSA) is 92.9 Å². The number of benzene rings is 1. The summed E-state index contributed by atoms with van der Waals surface area (Å²) in [7, 11) is 0. The molecule has 0 radical (unpaired) electrons. The largest absolute Gasteiger partial charge is 0.481 e. The van der Waals surface area contributed by atoms with E-state index in [2.05, 4.69) is 0 Å². The maximum atomic E-state index is 11.3. The molecule has 0 aliphatic carbocycles. The van der Waals surface area contributed by atoms with Gasteiger partial charge >= 0.3 is 5.97 Å². The second kappa shape index (κ2) is 6.53. The molecule has 1 fully saturated rings. The van der Waals surface area contributed by atoms with E-state index >= 15 is 0 Å². The number of carbonyl (C=O) groups is 1. The van der Waals surface area contributed by atoms with E-state index in [1.54, 1.807) is 23.1 Å². The molecule has 0 bridgehead atoms. The van der Waals surface area contributed by atoms with Gasteiger partial charge in [0.25, 0.3) is 5.69 Å². The van der Waals surface area contributed by atoms with Crippen molar-refractivity contribution in [3.63, 3.8) is 0 Å². The van der Waals surface area contributed by atoms with E-state index in [4.69, 9.17) is 4.74 Å². The average molecular weight is 294 g/mol. The van der Waals surface area contributed by atoms with Crippen LogP contribution in [0, 0.1) is 16.0 Å². The lowest BCUT2D eigenvalue weighted by atomic mass is 10.0. The van der Waals surface area contributed by atoms with Crippen LogP contribution in [0.3, 0.4) is 0 Å². The number of hydrogen-bond donors (Lipinski definition) is 1. The van der Waals surface area contributed by atoms with Crippen LogP contribution < -0.4 is 4.90 Å².